The van der Waals surface area contributed by atoms with E-state index in [2.05, 4.69) is 259 Å². The fourth-order valence-electron chi connectivity index (χ4n) is 12.1. The summed E-state index contributed by atoms with van der Waals surface area (Å²) in [5.74, 6) is 1.83. The van der Waals surface area contributed by atoms with Crippen LogP contribution in [0.2, 0.25) is 0 Å². The fraction of sp³-hybridized carbons (Fsp3) is 0.0147. The van der Waals surface area contributed by atoms with Gasteiger partial charge < -0.3 is 4.57 Å². The maximum Gasteiger partial charge on any atom is 0.164 e. The number of hydrogen-bond donors (Lipinski definition) is 0. The second-order valence-electron chi connectivity index (χ2n) is 19.0. The summed E-state index contributed by atoms with van der Waals surface area (Å²) >= 11 is 0. The normalized spacial score (nSPS) is 12.8. The van der Waals surface area contributed by atoms with E-state index in [1.807, 2.05) is 0 Å². The molecule has 11 aromatic carbocycles. The van der Waals surface area contributed by atoms with E-state index in [-0.39, 0.29) is 0 Å². The zero-order valence-corrected chi connectivity index (χ0v) is 39.0. The zero-order valence-electron chi connectivity index (χ0n) is 39.0. The summed E-state index contributed by atoms with van der Waals surface area (Å²) in [5.41, 5.74) is 19.7. The van der Waals surface area contributed by atoms with E-state index < -0.39 is 5.41 Å². The van der Waals surface area contributed by atoms with Crippen LogP contribution in [0.1, 0.15) is 22.3 Å². The number of para-hydroxylation sites is 2. The summed E-state index contributed by atoms with van der Waals surface area (Å²) in [4.78, 5) is 16.6. The van der Waals surface area contributed by atoms with Crippen LogP contribution in [0.5, 0.6) is 0 Å². The van der Waals surface area contributed by atoms with Crippen molar-refractivity contribution < 1.29 is 0 Å². The highest BCUT2D eigenvalue weighted by atomic mass is 15.0. The van der Waals surface area contributed by atoms with Crippen LogP contribution in [-0.2, 0) is 5.41 Å². The number of benzene rings is 11. The Morgan fingerprint density at radius 2 is 0.903 bits per heavy atom. The van der Waals surface area contributed by atoms with Gasteiger partial charge in [-0.2, -0.15) is 0 Å². The number of hydrogen-bond acceptors (Lipinski definition) is 3. The molecule has 0 N–H and O–H groups in total. The lowest BCUT2D eigenvalue weighted by Crippen LogP contribution is -2.28. The first kappa shape index (κ1) is 40.4. The number of nitrogens with zero attached hydrogens (tertiary/aromatic N) is 4. The second kappa shape index (κ2) is 15.8. The SMILES string of the molecule is c1ccc(-c2ccccc2-c2nc(-c3cccc(-c4ccc5ccccc5c4)c3)nc(-c3cc4c5c(c3)C(c3ccccc3)(c3ccccc3)c3ccc6c7ccccc7n(c6c3-5)-c3ccccc3-4)n2)cc1. The van der Waals surface area contributed by atoms with Crippen molar-refractivity contribution in [2.24, 2.45) is 0 Å². The third kappa shape index (κ3) is 5.90. The minimum atomic E-state index is -0.688. The van der Waals surface area contributed by atoms with Crippen LogP contribution in [0.15, 0.2) is 255 Å². The monoisotopic (exact) mass is 914 g/mol. The van der Waals surface area contributed by atoms with E-state index in [0.29, 0.717) is 17.5 Å². The van der Waals surface area contributed by atoms with Crippen LogP contribution in [0, 0.1) is 0 Å². The van der Waals surface area contributed by atoms with Gasteiger partial charge in [-0.05, 0) is 103 Å². The topological polar surface area (TPSA) is 43.6 Å². The minimum Gasteiger partial charge on any atom is -0.308 e. The molecule has 72 heavy (non-hydrogen) atoms. The molecule has 4 nitrogen and oxygen atoms in total. The molecule has 15 rings (SSSR count). The number of rotatable bonds is 7. The smallest absolute Gasteiger partial charge is 0.164 e. The molecule has 1 aliphatic carbocycles. The van der Waals surface area contributed by atoms with Crippen LogP contribution in [-0.4, -0.2) is 19.5 Å². The lowest BCUT2D eigenvalue weighted by Gasteiger charge is -2.34. The molecule has 0 amide bonds. The predicted molar refractivity (Wildman–Crippen MR) is 295 cm³/mol. The molecule has 0 bridgehead atoms. The second-order valence-corrected chi connectivity index (χ2v) is 19.0. The summed E-state index contributed by atoms with van der Waals surface area (Å²) in [6.07, 6.45) is 0. The highest BCUT2D eigenvalue weighted by Crippen LogP contribution is 2.63. The van der Waals surface area contributed by atoms with Gasteiger partial charge in [-0.15, -0.1) is 0 Å². The molecule has 0 spiro atoms. The molecule has 1 aliphatic heterocycles. The van der Waals surface area contributed by atoms with Crippen molar-refractivity contribution in [2.75, 3.05) is 0 Å². The van der Waals surface area contributed by atoms with Gasteiger partial charge in [-0.3, -0.25) is 0 Å². The third-order valence-electron chi connectivity index (χ3n) is 15.2. The molecule has 334 valence electrons. The average Bonchev–Trinajstić information content (AvgIpc) is 3.91. The molecular formula is C68H42N4. The van der Waals surface area contributed by atoms with Crippen molar-refractivity contribution in [2.45, 2.75) is 5.41 Å². The van der Waals surface area contributed by atoms with Crippen molar-refractivity contribution in [3.8, 4) is 84.4 Å². The fourth-order valence-corrected chi connectivity index (χ4v) is 12.1. The van der Waals surface area contributed by atoms with Crippen molar-refractivity contribution in [3.05, 3.63) is 277 Å². The first-order valence-corrected chi connectivity index (χ1v) is 24.7. The van der Waals surface area contributed by atoms with Crippen LogP contribution < -0.4 is 0 Å². The van der Waals surface area contributed by atoms with Gasteiger partial charge in [-0.25, -0.2) is 15.0 Å². The largest absolute Gasteiger partial charge is 0.308 e. The molecule has 0 atom stereocenters. The van der Waals surface area contributed by atoms with E-state index in [1.54, 1.807) is 0 Å². The molecule has 0 saturated carbocycles. The molecule has 0 unspecified atom stereocenters. The summed E-state index contributed by atoms with van der Waals surface area (Å²) < 4.78 is 2.52. The summed E-state index contributed by atoms with van der Waals surface area (Å²) in [6.45, 7) is 0. The Morgan fingerprint density at radius 1 is 0.306 bits per heavy atom. The quantitative estimate of drug-likeness (QED) is 0.160. The Morgan fingerprint density at radius 3 is 1.69 bits per heavy atom. The third-order valence-corrected chi connectivity index (χ3v) is 15.2. The van der Waals surface area contributed by atoms with Crippen LogP contribution in [0.3, 0.4) is 0 Å². The molecule has 0 radical (unpaired) electrons. The molecular weight excluding hydrogens is 873 g/mol. The minimum absolute atomic E-state index is 0.607. The maximum atomic E-state index is 5.58. The lowest BCUT2D eigenvalue weighted by molar-refractivity contribution is 0.769. The Labute approximate surface area is 416 Å². The van der Waals surface area contributed by atoms with E-state index in [4.69, 9.17) is 15.0 Å². The predicted octanol–water partition coefficient (Wildman–Crippen LogP) is 16.8. The Kier molecular flexibility index (Phi) is 8.84. The van der Waals surface area contributed by atoms with Crippen LogP contribution in [0.4, 0.5) is 0 Å². The summed E-state index contributed by atoms with van der Waals surface area (Å²) in [7, 11) is 0. The van der Waals surface area contributed by atoms with E-state index in [0.717, 1.165) is 55.8 Å². The van der Waals surface area contributed by atoms with Gasteiger partial charge in [0.1, 0.15) is 0 Å². The van der Waals surface area contributed by atoms with Gasteiger partial charge in [0, 0.05) is 38.6 Å². The van der Waals surface area contributed by atoms with Crippen molar-refractivity contribution in [3.63, 3.8) is 0 Å². The number of fused-ring (bicyclic) bond motifs is 7. The molecule has 0 saturated heterocycles. The van der Waals surface area contributed by atoms with Gasteiger partial charge >= 0.3 is 0 Å². The lowest BCUT2D eigenvalue weighted by atomic mass is 9.67. The molecule has 2 aromatic heterocycles. The Hall–Kier alpha value is -9.51. The highest BCUT2D eigenvalue weighted by molar-refractivity contribution is 6.19. The van der Waals surface area contributed by atoms with Crippen molar-refractivity contribution in [1.29, 1.82) is 0 Å². The van der Waals surface area contributed by atoms with E-state index >= 15 is 0 Å². The first-order valence-electron chi connectivity index (χ1n) is 24.7. The standard InChI is InChI=1S/C68H42N4/c1-4-20-44(21-5-1)52-29-12-13-32-56(52)67-70-65(48-24-18-23-46(40-48)47-36-35-43-19-10-11-22-45(43)39-47)69-66(71-67)49-41-57-54-31-15-17-34-61(54)72-60-33-16-14-30-53(60)55-37-38-58-63(64(55)72)62(57)59(42-49)68(58,50-25-6-2-7-26-50)51-27-8-3-9-28-51/h1-42H. The number of aromatic nitrogens is 4. The van der Waals surface area contributed by atoms with Gasteiger partial charge in [-0.1, -0.05) is 218 Å². The van der Waals surface area contributed by atoms with Crippen molar-refractivity contribution >= 4 is 32.6 Å². The Bertz CT molecular complexity index is 4290. The summed E-state index contributed by atoms with van der Waals surface area (Å²) in [6, 6.07) is 92.4. The molecule has 4 heteroatoms. The van der Waals surface area contributed by atoms with Gasteiger partial charge in [0.2, 0.25) is 0 Å². The van der Waals surface area contributed by atoms with E-state index in [9.17, 15) is 0 Å². The highest BCUT2D eigenvalue weighted by Gasteiger charge is 2.49. The summed E-state index contributed by atoms with van der Waals surface area (Å²) in [5, 5.41) is 4.90. The van der Waals surface area contributed by atoms with Crippen molar-refractivity contribution in [1.82, 2.24) is 19.5 Å². The first-order chi connectivity index (χ1) is 35.7. The van der Waals surface area contributed by atoms with Crippen LogP contribution in [0.25, 0.3) is 117 Å². The molecule has 3 heterocycles. The van der Waals surface area contributed by atoms with Gasteiger partial charge in [0.15, 0.2) is 17.5 Å². The van der Waals surface area contributed by atoms with E-state index in [1.165, 1.54) is 66.0 Å². The zero-order chi connectivity index (χ0) is 47.3. The molecule has 0 fully saturated rings. The Balaban J connectivity index is 1.05. The van der Waals surface area contributed by atoms with Crippen LogP contribution >= 0.6 is 0 Å². The maximum absolute atomic E-state index is 5.58. The molecule has 2 aliphatic rings. The molecule has 13 aromatic rings. The van der Waals surface area contributed by atoms with Gasteiger partial charge in [0.05, 0.1) is 22.1 Å². The average molecular weight is 915 g/mol. The van der Waals surface area contributed by atoms with Gasteiger partial charge in [0.25, 0.3) is 0 Å².